The maximum atomic E-state index is 14.2. The van der Waals surface area contributed by atoms with E-state index < -0.39 is 0 Å². The number of benzene rings is 1. The molecule has 112 valence electrons. The van der Waals surface area contributed by atoms with Crippen LogP contribution in [0.25, 0.3) is 0 Å². The molecule has 1 aliphatic heterocycles. The van der Waals surface area contributed by atoms with Gasteiger partial charge in [-0.25, -0.2) is 4.39 Å². The van der Waals surface area contributed by atoms with E-state index in [1.54, 1.807) is 13.2 Å². The Kier molecular flexibility index (Phi) is 6.63. The molecule has 1 aliphatic rings. The third-order valence-electron chi connectivity index (χ3n) is 3.39. The van der Waals surface area contributed by atoms with Crippen molar-refractivity contribution in [3.8, 4) is 0 Å². The maximum Gasteiger partial charge on any atom is 0.146 e. The molecule has 20 heavy (non-hydrogen) atoms. The number of thioether (sulfide) groups is 1. The summed E-state index contributed by atoms with van der Waals surface area (Å²) in [6, 6.07) is 5.57. The Morgan fingerprint density at radius 3 is 3.05 bits per heavy atom. The molecule has 1 saturated heterocycles. The predicted octanol–water partition coefficient (Wildman–Crippen LogP) is 2.51. The van der Waals surface area contributed by atoms with Gasteiger partial charge in [-0.05, 0) is 29.9 Å². The molecular formula is C15H23FN2OS. The summed E-state index contributed by atoms with van der Waals surface area (Å²) in [6.45, 7) is 4.02. The second-order valence-corrected chi connectivity index (χ2v) is 6.13. The summed E-state index contributed by atoms with van der Waals surface area (Å²) >= 11 is 1.95. The minimum Gasteiger partial charge on any atom is -0.383 e. The molecule has 1 aromatic rings. The van der Waals surface area contributed by atoms with Crippen molar-refractivity contribution in [2.75, 3.05) is 49.8 Å². The van der Waals surface area contributed by atoms with Crippen LogP contribution in [0.5, 0.6) is 0 Å². The smallest absolute Gasteiger partial charge is 0.146 e. The van der Waals surface area contributed by atoms with Gasteiger partial charge in [0.25, 0.3) is 0 Å². The summed E-state index contributed by atoms with van der Waals surface area (Å²) in [6.07, 6.45) is 1.13. The highest BCUT2D eigenvalue weighted by molar-refractivity contribution is 7.99. The van der Waals surface area contributed by atoms with Crippen LogP contribution in [0.4, 0.5) is 10.1 Å². The molecule has 0 radical (unpaired) electrons. The van der Waals surface area contributed by atoms with Crippen molar-refractivity contribution >= 4 is 17.4 Å². The zero-order chi connectivity index (χ0) is 14.2. The molecule has 5 heteroatoms. The van der Waals surface area contributed by atoms with Gasteiger partial charge in [0.1, 0.15) is 5.82 Å². The fraction of sp³-hybridized carbons (Fsp3) is 0.600. The first kappa shape index (κ1) is 15.6. The lowest BCUT2D eigenvalue weighted by atomic mass is 10.1. The van der Waals surface area contributed by atoms with Gasteiger partial charge in [0.15, 0.2) is 0 Å². The van der Waals surface area contributed by atoms with E-state index in [1.165, 1.54) is 5.75 Å². The van der Waals surface area contributed by atoms with E-state index in [9.17, 15) is 4.39 Å². The highest BCUT2D eigenvalue weighted by atomic mass is 32.2. The van der Waals surface area contributed by atoms with Crippen LogP contribution in [0.3, 0.4) is 0 Å². The molecule has 0 bridgehead atoms. The zero-order valence-corrected chi connectivity index (χ0v) is 12.8. The molecule has 1 heterocycles. The standard InChI is InChI=1S/C15H23FN2OS/c1-19-8-5-17-12-13-3-4-15(14(16)11-13)18-6-2-9-20-10-7-18/h3-4,11,17H,2,5-10,12H2,1H3. The highest BCUT2D eigenvalue weighted by Crippen LogP contribution is 2.23. The molecule has 2 rings (SSSR count). The van der Waals surface area contributed by atoms with Crippen LogP contribution in [0, 0.1) is 5.82 Å². The molecule has 0 amide bonds. The van der Waals surface area contributed by atoms with Crippen molar-refractivity contribution in [2.45, 2.75) is 13.0 Å². The molecule has 0 spiro atoms. The molecule has 1 fully saturated rings. The second-order valence-electron chi connectivity index (χ2n) is 4.91. The Hall–Kier alpha value is -0.780. The summed E-state index contributed by atoms with van der Waals surface area (Å²) in [4.78, 5) is 2.16. The van der Waals surface area contributed by atoms with Crippen LogP contribution in [-0.4, -0.2) is 44.9 Å². The SMILES string of the molecule is COCCNCc1ccc(N2CCCSCC2)c(F)c1. The number of hydrogen-bond donors (Lipinski definition) is 1. The minimum atomic E-state index is -0.108. The second kappa shape index (κ2) is 8.49. The average Bonchev–Trinajstić information content (AvgIpc) is 2.73. The van der Waals surface area contributed by atoms with E-state index in [0.29, 0.717) is 13.2 Å². The Labute approximate surface area is 124 Å². The molecule has 0 unspecified atom stereocenters. The average molecular weight is 298 g/mol. The van der Waals surface area contributed by atoms with Gasteiger partial charge >= 0.3 is 0 Å². The number of rotatable bonds is 6. The third-order valence-corrected chi connectivity index (χ3v) is 4.44. The van der Waals surface area contributed by atoms with Gasteiger partial charge in [0, 0.05) is 39.0 Å². The molecule has 1 aromatic carbocycles. The van der Waals surface area contributed by atoms with Crippen molar-refractivity contribution in [1.82, 2.24) is 5.32 Å². The van der Waals surface area contributed by atoms with E-state index >= 15 is 0 Å². The maximum absolute atomic E-state index is 14.2. The number of nitrogens with zero attached hydrogens (tertiary/aromatic N) is 1. The fourth-order valence-electron chi connectivity index (χ4n) is 2.31. The van der Waals surface area contributed by atoms with Crippen LogP contribution < -0.4 is 10.2 Å². The molecule has 0 aliphatic carbocycles. The lowest BCUT2D eigenvalue weighted by Gasteiger charge is -2.23. The van der Waals surface area contributed by atoms with Crippen LogP contribution in [0.15, 0.2) is 18.2 Å². The number of hydrogen-bond acceptors (Lipinski definition) is 4. The number of nitrogens with one attached hydrogen (secondary N) is 1. The Balaban J connectivity index is 1.94. The molecular weight excluding hydrogens is 275 g/mol. The summed E-state index contributed by atoms with van der Waals surface area (Å²) in [5.41, 5.74) is 1.72. The van der Waals surface area contributed by atoms with E-state index in [-0.39, 0.29) is 5.82 Å². The van der Waals surface area contributed by atoms with Crippen molar-refractivity contribution in [1.29, 1.82) is 0 Å². The number of halogens is 1. The number of methoxy groups -OCH3 is 1. The van der Waals surface area contributed by atoms with Gasteiger partial charge in [-0.15, -0.1) is 0 Å². The summed E-state index contributed by atoms with van der Waals surface area (Å²) in [5, 5.41) is 3.23. The first-order chi connectivity index (χ1) is 9.81. The van der Waals surface area contributed by atoms with Gasteiger partial charge < -0.3 is 15.0 Å². The van der Waals surface area contributed by atoms with E-state index in [1.807, 2.05) is 23.9 Å². The normalized spacial score (nSPS) is 16.2. The van der Waals surface area contributed by atoms with Gasteiger partial charge in [-0.2, -0.15) is 11.8 Å². The molecule has 1 N–H and O–H groups in total. The monoisotopic (exact) mass is 298 g/mol. The number of ether oxygens (including phenoxy) is 1. The van der Waals surface area contributed by atoms with Crippen molar-refractivity contribution in [3.63, 3.8) is 0 Å². The van der Waals surface area contributed by atoms with Crippen molar-refractivity contribution in [2.24, 2.45) is 0 Å². The molecule has 0 saturated carbocycles. The first-order valence-electron chi connectivity index (χ1n) is 7.12. The van der Waals surface area contributed by atoms with Crippen molar-refractivity contribution < 1.29 is 9.13 Å². The van der Waals surface area contributed by atoms with Crippen molar-refractivity contribution in [3.05, 3.63) is 29.6 Å². The quantitative estimate of drug-likeness (QED) is 0.816. The number of anilines is 1. The summed E-state index contributed by atoms with van der Waals surface area (Å²) < 4.78 is 19.2. The van der Waals surface area contributed by atoms with Crippen LogP contribution in [0.1, 0.15) is 12.0 Å². The molecule has 0 aromatic heterocycles. The van der Waals surface area contributed by atoms with Gasteiger partial charge in [0.05, 0.1) is 12.3 Å². The Morgan fingerprint density at radius 1 is 1.35 bits per heavy atom. The van der Waals surface area contributed by atoms with E-state index in [2.05, 4.69) is 10.2 Å². The largest absolute Gasteiger partial charge is 0.383 e. The Morgan fingerprint density at radius 2 is 2.25 bits per heavy atom. The zero-order valence-electron chi connectivity index (χ0n) is 12.0. The van der Waals surface area contributed by atoms with Gasteiger partial charge in [-0.3, -0.25) is 0 Å². The summed E-state index contributed by atoms with van der Waals surface area (Å²) in [5.74, 6) is 2.15. The van der Waals surface area contributed by atoms with Gasteiger partial charge in [-0.1, -0.05) is 6.07 Å². The predicted molar refractivity (Wildman–Crippen MR) is 84.1 cm³/mol. The molecule has 0 atom stereocenters. The first-order valence-corrected chi connectivity index (χ1v) is 8.27. The fourth-order valence-corrected chi connectivity index (χ4v) is 3.20. The van der Waals surface area contributed by atoms with E-state index in [0.717, 1.165) is 43.1 Å². The van der Waals surface area contributed by atoms with Crippen LogP contribution >= 0.6 is 11.8 Å². The minimum absolute atomic E-state index is 0.108. The third kappa shape index (κ3) is 4.65. The van der Waals surface area contributed by atoms with Crippen LogP contribution in [-0.2, 0) is 11.3 Å². The summed E-state index contributed by atoms with van der Waals surface area (Å²) in [7, 11) is 1.68. The van der Waals surface area contributed by atoms with E-state index in [4.69, 9.17) is 4.74 Å². The Bertz CT molecular complexity index is 409. The highest BCUT2D eigenvalue weighted by Gasteiger charge is 2.14. The lowest BCUT2D eigenvalue weighted by Crippen LogP contribution is -2.26. The van der Waals surface area contributed by atoms with Crippen LogP contribution in [0.2, 0.25) is 0 Å². The lowest BCUT2D eigenvalue weighted by molar-refractivity contribution is 0.199. The molecule has 3 nitrogen and oxygen atoms in total. The van der Waals surface area contributed by atoms with Gasteiger partial charge in [0.2, 0.25) is 0 Å². The topological polar surface area (TPSA) is 24.5 Å².